The number of nitrogens with zero attached hydrogens (tertiary/aromatic N) is 2. The molecule has 0 saturated heterocycles. The molecule has 1 aromatic heterocycles. The van der Waals surface area contributed by atoms with Crippen molar-refractivity contribution in [2.24, 2.45) is 0 Å². The summed E-state index contributed by atoms with van der Waals surface area (Å²) in [5.41, 5.74) is 5.76. The highest BCUT2D eigenvalue weighted by Crippen LogP contribution is 2.31. The third kappa shape index (κ3) is 8.35. The van der Waals surface area contributed by atoms with Gasteiger partial charge in [0, 0.05) is 17.7 Å². The van der Waals surface area contributed by atoms with Crippen LogP contribution in [0.4, 0.5) is 13.2 Å². The predicted molar refractivity (Wildman–Crippen MR) is 159 cm³/mol. The molecule has 0 saturated carbocycles. The normalized spacial score (nSPS) is 11.4. The van der Waals surface area contributed by atoms with E-state index in [0.29, 0.717) is 36.6 Å². The Kier molecular flexibility index (Phi) is 9.25. The van der Waals surface area contributed by atoms with Gasteiger partial charge in [0.05, 0.1) is 17.8 Å². The molecule has 0 aliphatic rings. The van der Waals surface area contributed by atoms with Crippen LogP contribution in [0.1, 0.15) is 39.9 Å². The number of alkyl halides is 3. The van der Waals surface area contributed by atoms with Crippen LogP contribution in [0.3, 0.4) is 0 Å². The van der Waals surface area contributed by atoms with Crippen molar-refractivity contribution in [3.8, 4) is 17.0 Å². The van der Waals surface area contributed by atoms with Crippen LogP contribution in [-0.2, 0) is 43.4 Å². The maximum Gasteiger partial charge on any atom is 0.416 e. The van der Waals surface area contributed by atoms with E-state index in [1.165, 1.54) is 17.7 Å². The van der Waals surface area contributed by atoms with E-state index in [1.54, 1.807) is 0 Å². The highest BCUT2D eigenvalue weighted by molar-refractivity contribution is 5.67. The van der Waals surface area contributed by atoms with Gasteiger partial charge in [-0.1, -0.05) is 78.9 Å². The van der Waals surface area contributed by atoms with Gasteiger partial charge in [-0.05, 0) is 71.8 Å². The van der Waals surface area contributed by atoms with Gasteiger partial charge in [0.25, 0.3) is 0 Å². The Morgan fingerprint density at radius 2 is 1.37 bits per heavy atom. The number of halogens is 3. The summed E-state index contributed by atoms with van der Waals surface area (Å²) < 4.78 is 47.1. The second-order valence-electron chi connectivity index (χ2n) is 10.4. The van der Waals surface area contributed by atoms with Crippen LogP contribution in [0.15, 0.2) is 109 Å². The number of ether oxygens (including phenoxy) is 1. The number of carbonyl (C=O) groups is 1. The average molecular weight is 585 g/mol. The monoisotopic (exact) mass is 584 g/mol. The van der Waals surface area contributed by atoms with E-state index in [2.05, 4.69) is 12.1 Å². The van der Waals surface area contributed by atoms with E-state index in [9.17, 15) is 18.0 Å². The van der Waals surface area contributed by atoms with E-state index in [4.69, 9.17) is 14.9 Å². The van der Waals surface area contributed by atoms with E-state index in [0.717, 1.165) is 47.4 Å². The molecule has 0 radical (unpaired) electrons. The van der Waals surface area contributed by atoms with Gasteiger partial charge >= 0.3 is 12.1 Å². The van der Waals surface area contributed by atoms with E-state index in [1.807, 2.05) is 77.5 Å². The number of hydrogen-bond acceptors (Lipinski definition) is 3. The first-order valence-corrected chi connectivity index (χ1v) is 14.0. The minimum absolute atomic E-state index is 0.0932. The van der Waals surface area contributed by atoms with Crippen molar-refractivity contribution in [1.29, 1.82) is 0 Å². The number of aryl methyl sites for hydroxylation is 3. The fraction of sp³-hybridized carbons (Fsp3) is 0.200. The molecule has 4 aromatic carbocycles. The third-order valence-electron chi connectivity index (χ3n) is 7.20. The summed E-state index contributed by atoms with van der Waals surface area (Å²) in [7, 11) is 0. The summed E-state index contributed by atoms with van der Waals surface area (Å²) in [5, 5.41) is 13.6. The maximum atomic E-state index is 13.1. The molecule has 0 fully saturated rings. The first kappa shape index (κ1) is 29.6. The molecule has 0 unspecified atom stereocenters. The second kappa shape index (κ2) is 13.4. The van der Waals surface area contributed by atoms with Crippen molar-refractivity contribution in [3.63, 3.8) is 0 Å². The fourth-order valence-electron chi connectivity index (χ4n) is 4.77. The molecule has 0 atom stereocenters. The maximum absolute atomic E-state index is 13.1. The number of benzene rings is 4. The number of aliphatic carboxylic acids is 1. The van der Waals surface area contributed by atoms with E-state index in [-0.39, 0.29) is 6.42 Å². The number of carboxylic acids is 1. The SMILES string of the molecule is O=C(O)CCc1ccc(OCc2ccc(Cn3nc(-c4ccc(C(F)(F)F)cc4)cc3CCc3ccccc3)cc2)cc1. The van der Waals surface area contributed by atoms with E-state index >= 15 is 0 Å². The molecule has 5 nitrogen and oxygen atoms in total. The molecule has 0 aliphatic carbocycles. The molecule has 0 bridgehead atoms. The Morgan fingerprint density at radius 3 is 2.02 bits per heavy atom. The summed E-state index contributed by atoms with van der Waals surface area (Å²) in [6.45, 7) is 0.903. The van der Waals surface area contributed by atoms with Crippen molar-refractivity contribution in [2.75, 3.05) is 0 Å². The van der Waals surface area contributed by atoms with Gasteiger partial charge in [-0.15, -0.1) is 0 Å². The van der Waals surface area contributed by atoms with Crippen molar-refractivity contribution >= 4 is 5.97 Å². The van der Waals surface area contributed by atoms with Gasteiger partial charge in [0.2, 0.25) is 0 Å². The molecular weight excluding hydrogens is 553 g/mol. The minimum Gasteiger partial charge on any atom is -0.489 e. The Hall–Kier alpha value is -4.85. The zero-order valence-corrected chi connectivity index (χ0v) is 23.4. The summed E-state index contributed by atoms with van der Waals surface area (Å²) in [6.07, 6.45) is -2.26. The topological polar surface area (TPSA) is 64.3 Å². The van der Waals surface area contributed by atoms with Gasteiger partial charge in [-0.25, -0.2) is 0 Å². The average Bonchev–Trinajstić information content (AvgIpc) is 3.41. The second-order valence-corrected chi connectivity index (χ2v) is 10.4. The largest absolute Gasteiger partial charge is 0.489 e. The van der Waals surface area contributed by atoms with Gasteiger partial charge in [-0.3, -0.25) is 9.48 Å². The Morgan fingerprint density at radius 1 is 0.744 bits per heavy atom. The van der Waals surface area contributed by atoms with Crippen LogP contribution in [-0.4, -0.2) is 20.9 Å². The highest BCUT2D eigenvalue weighted by atomic mass is 19.4. The van der Waals surface area contributed by atoms with Crippen LogP contribution in [0, 0.1) is 0 Å². The number of carboxylic acid groups (broad SMARTS) is 1. The lowest BCUT2D eigenvalue weighted by molar-refractivity contribution is -0.138. The lowest BCUT2D eigenvalue weighted by atomic mass is 10.1. The standard InChI is InChI=1S/C35H31F3N2O3/c36-35(37,38)30-16-14-29(15-17-30)33-22-31(18-10-25-4-2-1-3-5-25)40(39-33)23-27-6-8-28(9-7-27)24-43-32-19-11-26(12-20-32)13-21-34(41)42/h1-9,11-12,14-17,19-20,22H,10,13,18,21,23-24H2,(H,41,42). The third-order valence-corrected chi connectivity index (χ3v) is 7.20. The zero-order chi connectivity index (χ0) is 30.2. The van der Waals surface area contributed by atoms with E-state index < -0.39 is 17.7 Å². The molecule has 0 aliphatic heterocycles. The van der Waals surface area contributed by atoms with Gasteiger partial charge in [0.15, 0.2) is 0 Å². The molecule has 0 spiro atoms. The summed E-state index contributed by atoms with van der Waals surface area (Å²) in [4.78, 5) is 10.8. The number of rotatable bonds is 12. The zero-order valence-electron chi connectivity index (χ0n) is 23.4. The first-order valence-electron chi connectivity index (χ1n) is 14.0. The van der Waals surface area contributed by atoms with Gasteiger partial charge in [0.1, 0.15) is 12.4 Å². The van der Waals surface area contributed by atoms with Crippen molar-refractivity contribution in [3.05, 3.63) is 143 Å². The molecule has 1 N–H and O–H groups in total. The number of hydrogen-bond donors (Lipinski definition) is 1. The fourth-order valence-corrected chi connectivity index (χ4v) is 4.77. The minimum atomic E-state index is -4.39. The molecule has 5 rings (SSSR count). The first-order chi connectivity index (χ1) is 20.7. The van der Waals surface area contributed by atoms with Crippen LogP contribution < -0.4 is 4.74 Å². The molecule has 0 amide bonds. The quantitative estimate of drug-likeness (QED) is 0.161. The number of aromatic nitrogens is 2. The smallest absolute Gasteiger partial charge is 0.416 e. The van der Waals surface area contributed by atoms with Crippen LogP contribution in [0.2, 0.25) is 0 Å². The van der Waals surface area contributed by atoms with Crippen molar-refractivity contribution in [1.82, 2.24) is 9.78 Å². The lowest BCUT2D eigenvalue weighted by Crippen LogP contribution is -2.08. The molecule has 1 heterocycles. The Bertz CT molecular complexity index is 1630. The molecule has 220 valence electrons. The molecule has 8 heteroatoms. The highest BCUT2D eigenvalue weighted by Gasteiger charge is 2.30. The summed E-state index contributed by atoms with van der Waals surface area (Å²) in [6, 6.07) is 32.7. The Balaban J connectivity index is 1.27. The van der Waals surface area contributed by atoms with Crippen molar-refractivity contribution < 1.29 is 27.8 Å². The molecule has 5 aromatic rings. The predicted octanol–water partition coefficient (Wildman–Crippen LogP) is 8.00. The summed E-state index contributed by atoms with van der Waals surface area (Å²) >= 11 is 0. The van der Waals surface area contributed by atoms with Crippen LogP contribution in [0.5, 0.6) is 5.75 Å². The molecular formula is C35H31F3N2O3. The van der Waals surface area contributed by atoms with Crippen LogP contribution >= 0.6 is 0 Å². The summed E-state index contributed by atoms with van der Waals surface area (Å²) in [5.74, 6) is -0.113. The molecule has 43 heavy (non-hydrogen) atoms. The van der Waals surface area contributed by atoms with Gasteiger partial charge < -0.3 is 9.84 Å². The lowest BCUT2D eigenvalue weighted by Gasteiger charge is -2.10. The van der Waals surface area contributed by atoms with Crippen LogP contribution in [0.25, 0.3) is 11.3 Å². The van der Waals surface area contributed by atoms with Gasteiger partial charge in [-0.2, -0.15) is 18.3 Å². The Labute approximate surface area is 248 Å². The van der Waals surface area contributed by atoms with Crippen molar-refractivity contribution in [2.45, 2.75) is 45.0 Å².